The molecule has 0 spiro atoms. The lowest BCUT2D eigenvalue weighted by molar-refractivity contribution is 0.655. The fourth-order valence-electron chi connectivity index (χ4n) is 2.49. The third-order valence-electron chi connectivity index (χ3n) is 3.58. The molecule has 3 heteroatoms. The number of nitrogens with zero attached hydrogens (tertiary/aromatic N) is 3. The monoisotopic (exact) mass is 277 g/mol. The van der Waals surface area contributed by atoms with Crippen LogP contribution >= 0.6 is 0 Å². The smallest absolute Gasteiger partial charge is 0.0889 e. The molecule has 0 fully saturated rings. The molecule has 1 heterocycles. The minimum Gasteiger partial charge on any atom is -0.240 e. The summed E-state index contributed by atoms with van der Waals surface area (Å²) >= 11 is 0. The maximum absolute atomic E-state index is 4.21. The largest absolute Gasteiger partial charge is 0.240 e. The van der Waals surface area contributed by atoms with Gasteiger partial charge in [0.15, 0.2) is 0 Å². The third-order valence-corrected chi connectivity index (χ3v) is 3.58. The molecule has 0 aliphatic carbocycles. The summed E-state index contributed by atoms with van der Waals surface area (Å²) < 4.78 is 1.95. The van der Waals surface area contributed by atoms with E-state index in [-0.39, 0.29) is 0 Å². The van der Waals surface area contributed by atoms with Gasteiger partial charge < -0.3 is 0 Å². The molecule has 21 heavy (non-hydrogen) atoms. The van der Waals surface area contributed by atoms with Crippen LogP contribution in [0, 0.1) is 0 Å². The minimum absolute atomic E-state index is 0.743. The number of benzene rings is 2. The summed E-state index contributed by atoms with van der Waals surface area (Å²) in [5.74, 6) is 0. The first kappa shape index (κ1) is 13.6. The van der Waals surface area contributed by atoms with Crippen molar-refractivity contribution in [1.82, 2.24) is 15.0 Å². The van der Waals surface area contributed by atoms with E-state index in [0.717, 1.165) is 24.2 Å². The predicted molar refractivity (Wildman–Crippen MR) is 85.0 cm³/mol. The van der Waals surface area contributed by atoms with Crippen LogP contribution in [-0.4, -0.2) is 15.0 Å². The Morgan fingerprint density at radius 3 is 2.38 bits per heavy atom. The van der Waals surface area contributed by atoms with Crippen molar-refractivity contribution >= 4 is 0 Å². The van der Waals surface area contributed by atoms with E-state index < -0.39 is 0 Å². The lowest BCUT2D eigenvalue weighted by Crippen LogP contribution is -2.03. The van der Waals surface area contributed by atoms with E-state index in [1.807, 2.05) is 29.1 Å². The summed E-state index contributed by atoms with van der Waals surface area (Å²) in [7, 11) is 0. The molecule has 0 aliphatic heterocycles. The van der Waals surface area contributed by atoms with E-state index in [0.29, 0.717) is 0 Å². The molecule has 3 aromatic rings. The molecule has 0 atom stereocenters. The maximum atomic E-state index is 4.21. The van der Waals surface area contributed by atoms with Gasteiger partial charge >= 0.3 is 0 Å². The highest BCUT2D eigenvalue weighted by Gasteiger charge is 2.07. The summed E-state index contributed by atoms with van der Waals surface area (Å²) in [6, 6.07) is 19.0. The Kier molecular flexibility index (Phi) is 4.10. The van der Waals surface area contributed by atoms with Crippen LogP contribution in [0.2, 0.25) is 0 Å². The van der Waals surface area contributed by atoms with E-state index in [2.05, 4.69) is 53.6 Å². The van der Waals surface area contributed by atoms with Gasteiger partial charge in [-0.25, -0.2) is 4.68 Å². The van der Waals surface area contributed by atoms with Crippen LogP contribution in [0.4, 0.5) is 0 Å². The van der Waals surface area contributed by atoms with E-state index in [1.54, 1.807) is 0 Å². The van der Waals surface area contributed by atoms with E-state index in [4.69, 9.17) is 0 Å². The highest BCUT2D eigenvalue weighted by atomic mass is 15.4. The Bertz CT molecular complexity index is 684. The van der Waals surface area contributed by atoms with Gasteiger partial charge in [-0.1, -0.05) is 73.2 Å². The number of rotatable bonds is 5. The average Bonchev–Trinajstić information content (AvgIpc) is 2.98. The molecule has 0 unspecified atom stereocenters. The first-order valence-electron chi connectivity index (χ1n) is 7.38. The zero-order chi connectivity index (χ0) is 14.5. The molecule has 0 N–H and O–H groups in total. The Labute approximate surface area is 125 Å². The number of aryl methyl sites for hydroxylation is 1. The average molecular weight is 277 g/mol. The van der Waals surface area contributed by atoms with Crippen LogP contribution in [0.3, 0.4) is 0 Å². The first-order chi connectivity index (χ1) is 10.4. The number of hydrogen-bond donors (Lipinski definition) is 0. The number of hydrogen-bond acceptors (Lipinski definition) is 2. The van der Waals surface area contributed by atoms with E-state index in [9.17, 15) is 0 Å². The van der Waals surface area contributed by atoms with Gasteiger partial charge in [0.25, 0.3) is 0 Å². The van der Waals surface area contributed by atoms with Crippen molar-refractivity contribution in [3.63, 3.8) is 0 Å². The molecule has 0 saturated heterocycles. The molecule has 0 bridgehead atoms. The van der Waals surface area contributed by atoms with Crippen LogP contribution in [-0.2, 0) is 13.0 Å². The summed E-state index contributed by atoms with van der Waals surface area (Å²) in [6.07, 6.45) is 4.13. The standard InChI is InChI=1S/C18H19N3/c1-2-6-15-9-11-17(12-10-15)18-13-19-20-21(18)14-16-7-4-3-5-8-16/h3-5,7-13H,2,6,14H2,1H3. The van der Waals surface area contributed by atoms with Crippen LogP contribution in [0.5, 0.6) is 0 Å². The summed E-state index contributed by atoms with van der Waals surface area (Å²) in [4.78, 5) is 0. The van der Waals surface area contributed by atoms with Crippen LogP contribution < -0.4 is 0 Å². The molecular weight excluding hydrogens is 258 g/mol. The van der Waals surface area contributed by atoms with Gasteiger partial charge in [0.2, 0.25) is 0 Å². The zero-order valence-electron chi connectivity index (χ0n) is 12.2. The van der Waals surface area contributed by atoms with Crippen molar-refractivity contribution < 1.29 is 0 Å². The van der Waals surface area contributed by atoms with Gasteiger partial charge in [0, 0.05) is 5.56 Å². The van der Waals surface area contributed by atoms with Crippen molar-refractivity contribution in [2.45, 2.75) is 26.3 Å². The second kappa shape index (κ2) is 6.35. The zero-order valence-corrected chi connectivity index (χ0v) is 12.2. The van der Waals surface area contributed by atoms with Gasteiger partial charge in [-0.3, -0.25) is 0 Å². The van der Waals surface area contributed by atoms with Gasteiger partial charge in [0.1, 0.15) is 0 Å². The van der Waals surface area contributed by atoms with Crippen molar-refractivity contribution in [2.24, 2.45) is 0 Å². The maximum Gasteiger partial charge on any atom is 0.0889 e. The van der Waals surface area contributed by atoms with Crippen molar-refractivity contribution in [3.05, 3.63) is 71.9 Å². The van der Waals surface area contributed by atoms with Crippen molar-refractivity contribution in [1.29, 1.82) is 0 Å². The third kappa shape index (κ3) is 3.19. The second-order valence-corrected chi connectivity index (χ2v) is 5.21. The second-order valence-electron chi connectivity index (χ2n) is 5.21. The predicted octanol–water partition coefficient (Wildman–Crippen LogP) is 3.95. The Balaban J connectivity index is 1.84. The lowest BCUT2D eigenvalue weighted by atomic mass is 10.1. The normalized spacial score (nSPS) is 10.7. The quantitative estimate of drug-likeness (QED) is 0.707. The molecule has 2 aromatic carbocycles. The molecule has 1 aromatic heterocycles. The molecular formula is C18H19N3. The summed E-state index contributed by atoms with van der Waals surface area (Å²) in [6.45, 7) is 2.94. The van der Waals surface area contributed by atoms with Gasteiger partial charge in [-0.15, -0.1) is 5.10 Å². The van der Waals surface area contributed by atoms with Crippen LogP contribution in [0.15, 0.2) is 60.8 Å². The van der Waals surface area contributed by atoms with Crippen molar-refractivity contribution in [3.8, 4) is 11.3 Å². The van der Waals surface area contributed by atoms with E-state index >= 15 is 0 Å². The molecule has 3 rings (SSSR count). The fraction of sp³-hybridized carbons (Fsp3) is 0.222. The van der Waals surface area contributed by atoms with Crippen LogP contribution in [0.1, 0.15) is 24.5 Å². The first-order valence-corrected chi connectivity index (χ1v) is 7.38. The summed E-state index contributed by atoms with van der Waals surface area (Å²) in [5, 5.41) is 8.28. The van der Waals surface area contributed by atoms with Gasteiger partial charge in [-0.2, -0.15) is 0 Å². The highest BCUT2D eigenvalue weighted by Crippen LogP contribution is 2.20. The Morgan fingerprint density at radius 2 is 1.67 bits per heavy atom. The SMILES string of the molecule is CCCc1ccc(-c2cnnn2Cc2ccccc2)cc1. The molecule has 0 radical (unpaired) electrons. The van der Waals surface area contributed by atoms with Crippen LogP contribution in [0.25, 0.3) is 11.3 Å². The van der Waals surface area contributed by atoms with Crippen molar-refractivity contribution in [2.75, 3.05) is 0 Å². The fourth-order valence-corrected chi connectivity index (χ4v) is 2.49. The lowest BCUT2D eigenvalue weighted by Gasteiger charge is -2.07. The molecule has 106 valence electrons. The topological polar surface area (TPSA) is 30.7 Å². The van der Waals surface area contributed by atoms with Gasteiger partial charge in [-0.05, 0) is 17.5 Å². The number of aromatic nitrogens is 3. The Hall–Kier alpha value is -2.42. The molecule has 0 saturated carbocycles. The highest BCUT2D eigenvalue weighted by molar-refractivity contribution is 5.58. The van der Waals surface area contributed by atoms with E-state index in [1.165, 1.54) is 17.5 Å². The molecule has 0 amide bonds. The summed E-state index contributed by atoms with van der Waals surface area (Å²) in [5.41, 5.74) is 4.83. The molecule has 0 aliphatic rings. The minimum atomic E-state index is 0.743. The molecule has 3 nitrogen and oxygen atoms in total. The Morgan fingerprint density at radius 1 is 0.905 bits per heavy atom. The van der Waals surface area contributed by atoms with Gasteiger partial charge in [0.05, 0.1) is 18.4 Å².